The Morgan fingerprint density at radius 1 is 0.703 bits per heavy atom. The van der Waals surface area contributed by atoms with E-state index in [1.165, 1.54) is 102 Å². The second kappa shape index (κ2) is 76.6. The number of ether oxygens (including phenoxy) is 1. The number of nitrogens with zero attached hydrogens (tertiary/aromatic N) is 2. The van der Waals surface area contributed by atoms with E-state index in [0.29, 0.717) is 6.47 Å². The molecule has 0 spiro atoms. The van der Waals surface area contributed by atoms with E-state index < -0.39 is 0 Å². The summed E-state index contributed by atoms with van der Waals surface area (Å²) in [6, 6.07) is 0. The third-order valence-corrected chi connectivity index (χ3v) is 1.43. The first-order valence-electron chi connectivity index (χ1n) is 10.7. The van der Waals surface area contributed by atoms with Gasteiger partial charge in [0.15, 0.2) is 0 Å². The summed E-state index contributed by atoms with van der Waals surface area (Å²) < 4.78 is 3.86. The largest absolute Gasteiger partial charge is 0.471 e. The predicted molar refractivity (Wildman–Crippen MR) is 158 cm³/mol. The Morgan fingerprint density at radius 2 is 0.811 bits per heavy atom. The molecule has 10 heteroatoms. The summed E-state index contributed by atoms with van der Waals surface area (Å²) in [5, 5.41) is 0. The van der Waals surface area contributed by atoms with Gasteiger partial charge in [-0.15, -0.1) is 0 Å². The number of methoxy groups -OCH3 is 1. The van der Waals surface area contributed by atoms with Crippen LogP contribution in [-0.4, -0.2) is 88.1 Å². The third kappa shape index (κ3) is 1220. The van der Waals surface area contributed by atoms with Gasteiger partial charge < -0.3 is 43.4 Å². The number of aldehydes is 2. The lowest BCUT2D eigenvalue weighted by Crippen LogP contribution is -2.10. The molecule has 0 aromatic rings. The van der Waals surface area contributed by atoms with Crippen molar-refractivity contribution in [1.29, 1.82) is 0 Å². The topological polar surface area (TPSA) is 144 Å². The van der Waals surface area contributed by atoms with Gasteiger partial charge in [0, 0.05) is 7.05 Å². The molecule has 1 aliphatic rings. The minimum absolute atomic E-state index is 0. The first-order valence-corrected chi connectivity index (χ1v) is 10.7. The Morgan fingerprint density at radius 3 is 0.838 bits per heavy atom. The minimum atomic E-state index is 0. The van der Waals surface area contributed by atoms with Crippen LogP contribution in [0.2, 0.25) is 0 Å². The molecule has 226 valence electrons. The highest BCUT2D eigenvalue weighted by Crippen LogP contribution is 2.02. The number of likely N-dealkylation sites (tertiary alicyclic amines) is 1. The molecule has 0 aromatic heterocycles. The van der Waals surface area contributed by atoms with Gasteiger partial charge in [-0.25, -0.2) is 0 Å². The molecule has 1 rings (SSSR count). The maximum Gasteiger partial charge on any atom is 0.292 e. The van der Waals surface area contributed by atoms with Crippen LogP contribution in [0.1, 0.15) is 96.9 Å². The number of carbonyl (C=O) groups excluding carboxylic acids is 7. The highest BCUT2D eigenvalue weighted by Gasteiger charge is 2.03. The monoisotopic (exact) mass is 540 g/mol. The molecular formula is C27H60N2O8. The summed E-state index contributed by atoms with van der Waals surface area (Å²) in [4.78, 5) is 70.0. The average Bonchev–Trinajstić information content (AvgIpc) is 3.13. The second-order valence-electron chi connectivity index (χ2n) is 6.76. The van der Waals surface area contributed by atoms with Crippen molar-refractivity contribution in [2.45, 2.75) is 96.9 Å². The van der Waals surface area contributed by atoms with Crippen molar-refractivity contribution in [3.63, 3.8) is 0 Å². The number of ketones is 4. The van der Waals surface area contributed by atoms with E-state index in [-0.39, 0.29) is 38.0 Å². The van der Waals surface area contributed by atoms with E-state index in [0.717, 1.165) is 12.6 Å². The second-order valence-corrected chi connectivity index (χ2v) is 6.76. The van der Waals surface area contributed by atoms with E-state index >= 15 is 0 Å². The van der Waals surface area contributed by atoms with E-state index in [1.807, 2.05) is 0 Å². The van der Waals surface area contributed by atoms with Crippen molar-refractivity contribution in [2.75, 3.05) is 34.3 Å². The molecule has 0 radical (unpaired) electrons. The molecule has 0 N–H and O–H groups in total. The van der Waals surface area contributed by atoms with Crippen molar-refractivity contribution >= 4 is 48.9 Å². The molecule has 1 heterocycles. The smallest absolute Gasteiger partial charge is 0.292 e. The molecule has 10 nitrogen and oxygen atoms in total. The van der Waals surface area contributed by atoms with Gasteiger partial charge in [0.25, 0.3) is 6.47 Å². The summed E-state index contributed by atoms with van der Waals surface area (Å²) >= 11 is 0. The first kappa shape index (κ1) is 64.3. The fourth-order valence-electron chi connectivity index (χ4n) is 0.875. The average molecular weight is 541 g/mol. The number of carbonyl (C=O) groups is 7. The SMILES string of the molecule is C.C.C=NC.CC(C)=O.CC(C)=O.CC(C)=O.CC(C)=O.CC=O.CC=O.CN1CCCC1.COC=O. The summed E-state index contributed by atoms with van der Waals surface area (Å²) in [7, 11) is 5.12. The summed E-state index contributed by atoms with van der Waals surface area (Å²) in [6.07, 6.45) is 4.33. The van der Waals surface area contributed by atoms with E-state index in [2.05, 4.69) is 28.4 Å². The van der Waals surface area contributed by atoms with Gasteiger partial charge >= 0.3 is 0 Å². The van der Waals surface area contributed by atoms with Crippen molar-refractivity contribution in [3.8, 4) is 0 Å². The van der Waals surface area contributed by atoms with Crippen molar-refractivity contribution in [2.24, 2.45) is 4.99 Å². The number of rotatable bonds is 1. The van der Waals surface area contributed by atoms with Crippen LogP contribution in [0.15, 0.2) is 4.99 Å². The van der Waals surface area contributed by atoms with Gasteiger partial charge in [-0.3, -0.25) is 4.79 Å². The van der Waals surface area contributed by atoms with Crippen LogP contribution in [0.25, 0.3) is 0 Å². The summed E-state index contributed by atoms with van der Waals surface area (Å²) in [6.45, 7) is 21.2. The van der Waals surface area contributed by atoms with Crippen molar-refractivity contribution in [1.82, 2.24) is 4.90 Å². The molecule has 0 amide bonds. The van der Waals surface area contributed by atoms with Crippen LogP contribution in [0.5, 0.6) is 0 Å². The third-order valence-electron chi connectivity index (χ3n) is 1.43. The van der Waals surface area contributed by atoms with Crippen LogP contribution in [-0.2, 0) is 38.3 Å². The van der Waals surface area contributed by atoms with Gasteiger partial charge in [0.05, 0.1) is 7.11 Å². The molecule has 0 atom stereocenters. The zero-order chi connectivity index (χ0) is 30.3. The van der Waals surface area contributed by atoms with Crippen LogP contribution in [0.3, 0.4) is 0 Å². The van der Waals surface area contributed by atoms with Gasteiger partial charge in [-0.1, -0.05) is 14.9 Å². The Hall–Kier alpha value is -2.88. The lowest BCUT2D eigenvalue weighted by molar-refractivity contribution is -0.126. The highest BCUT2D eigenvalue weighted by molar-refractivity contribution is 5.72. The van der Waals surface area contributed by atoms with Crippen molar-refractivity contribution < 1.29 is 38.3 Å². The van der Waals surface area contributed by atoms with Crippen LogP contribution in [0.4, 0.5) is 0 Å². The van der Waals surface area contributed by atoms with E-state index in [1.54, 1.807) is 7.05 Å². The zero-order valence-corrected chi connectivity index (χ0v) is 24.4. The highest BCUT2D eigenvalue weighted by atomic mass is 16.5. The summed E-state index contributed by atoms with van der Waals surface area (Å²) in [5.41, 5.74) is 0. The van der Waals surface area contributed by atoms with Gasteiger partial charge in [-0.05, 0) is 109 Å². The molecule has 0 unspecified atom stereocenters. The molecule has 0 saturated carbocycles. The number of aliphatic imine (C=N–C) groups is 1. The van der Waals surface area contributed by atoms with Gasteiger partial charge in [0.2, 0.25) is 0 Å². The minimum Gasteiger partial charge on any atom is -0.471 e. The Labute approximate surface area is 228 Å². The maximum absolute atomic E-state index is 9.44. The predicted octanol–water partition coefficient (Wildman–Crippen LogP) is 4.88. The van der Waals surface area contributed by atoms with Crippen LogP contribution >= 0.6 is 0 Å². The van der Waals surface area contributed by atoms with Gasteiger partial charge in [0.1, 0.15) is 35.7 Å². The summed E-state index contributed by atoms with van der Waals surface area (Å²) in [5.74, 6) is 0.667. The molecule has 1 aliphatic heterocycles. The molecule has 0 bridgehead atoms. The maximum atomic E-state index is 9.44. The van der Waals surface area contributed by atoms with Crippen molar-refractivity contribution in [3.05, 3.63) is 0 Å². The van der Waals surface area contributed by atoms with Crippen LogP contribution in [0, 0.1) is 0 Å². The quantitative estimate of drug-likeness (QED) is 0.335. The molecular weight excluding hydrogens is 480 g/mol. The standard InChI is InChI=1S/C5H11N.4C3H6O.C2H5N.C2H4O2.2C2H4O.2CH4/c1-6-4-2-3-5-6;4*1-3(2)4;1-3-2;1-4-2-3;2*1-2-3;;/h2-5H2,1H3;4*1-2H3;1H2,2H3;2H,1H3;2*2H,1H3;2*1H4. The number of hydrogen-bond donors (Lipinski definition) is 0. The molecule has 0 aromatic carbocycles. The number of Topliss-reactive ketones (excluding diaryl/α,β-unsaturated/α-hetero) is 4. The molecule has 37 heavy (non-hydrogen) atoms. The van der Waals surface area contributed by atoms with E-state index in [4.69, 9.17) is 14.4 Å². The Bertz CT molecular complexity index is 411. The number of hydrogen-bond acceptors (Lipinski definition) is 10. The Kier molecular flexibility index (Phi) is 133. The fourth-order valence-corrected chi connectivity index (χ4v) is 0.875. The normalized spacial score (nSPS) is 8.57. The Balaban J connectivity index is -0.0000000278. The van der Waals surface area contributed by atoms with E-state index in [9.17, 15) is 19.2 Å². The molecule has 0 aliphatic carbocycles. The lowest BCUT2D eigenvalue weighted by atomic mass is 10.4. The van der Waals surface area contributed by atoms with Gasteiger partial charge in [-0.2, -0.15) is 0 Å². The first-order chi connectivity index (χ1) is 16.0. The fraction of sp³-hybridized carbons (Fsp3) is 0.704. The zero-order valence-electron chi connectivity index (χ0n) is 24.4. The lowest BCUT2D eigenvalue weighted by Gasteiger charge is -2.01. The van der Waals surface area contributed by atoms with Crippen LogP contribution < -0.4 is 0 Å². The molecule has 1 fully saturated rings. The molecule has 1 saturated heterocycles.